The number of rotatable bonds is 5. The van der Waals surface area contributed by atoms with Crippen LogP contribution in [0.3, 0.4) is 0 Å². The standard InChI is InChI=1S/C23H26N2O3/c1-23(2)18-7-5-6-8-19(18)25(4)22(23)12-17(26)14-24(3)13-16-9-10-20-21(11-16)28-15-27-20/h5-12H,13-15H2,1-4H3/b22-12+. The van der Waals surface area contributed by atoms with Crippen molar-refractivity contribution in [3.8, 4) is 11.5 Å². The second-order valence-corrected chi connectivity index (χ2v) is 8.06. The van der Waals surface area contributed by atoms with Crippen molar-refractivity contribution in [2.45, 2.75) is 25.8 Å². The Bertz CT molecular complexity index is 949. The van der Waals surface area contributed by atoms with E-state index >= 15 is 0 Å². The monoisotopic (exact) mass is 378 g/mol. The Morgan fingerprint density at radius 2 is 1.93 bits per heavy atom. The lowest BCUT2D eigenvalue weighted by Gasteiger charge is -2.24. The number of carbonyl (C=O) groups excluding carboxylic acids is 1. The zero-order valence-electron chi connectivity index (χ0n) is 16.9. The molecule has 0 aliphatic carbocycles. The third-order valence-electron chi connectivity index (χ3n) is 5.55. The largest absolute Gasteiger partial charge is 0.454 e. The van der Waals surface area contributed by atoms with Gasteiger partial charge in [-0.3, -0.25) is 9.69 Å². The summed E-state index contributed by atoms with van der Waals surface area (Å²) in [4.78, 5) is 16.9. The number of anilines is 1. The molecule has 0 fully saturated rings. The van der Waals surface area contributed by atoms with Crippen LogP contribution >= 0.6 is 0 Å². The van der Waals surface area contributed by atoms with Crippen LogP contribution in [0.15, 0.2) is 54.2 Å². The summed E-state index contributed by atoms with van der Waals surface area (Å²) in [5, 5.41) is 0. The highest BCUT2D eigenvalue weighted by molar-refractivity contribution is 5.94. The molecule has 0 unspecified atom stereocenters. The topological polar surface area (TPSA) is 42.0 Å². The Balaban J connectivity index is 1.45. The van der Waals surface area contributed by atoms with Crippen LogP contribution in [0.1, 0.15) is 25.0 Å². The fourth-order valence-electron chi connectivity index (χ4n) is 4.13. The normalized spacial score (nSPS) is 18.0. The minimum atomic E-state index is -0.184. The van der Waals surface area contributed by atoms with Crippen molar-refractivity contribution in [3.63, 3.8) is 0 Å². The number of allylic oxidation sites excluding steroid dienone is 1. The van der Waals surface area contributed by atoms with E-state index in [-0.39, 0.29) is 18.0 Å². The average Bonchev–Trinajstić information content (AvgIpc) is 3.19. The lowest BCUT2D eigenvalue weighted by Crippen LogP contribution is -2.28. The van der Waals surface area contributed by atoms with Gasteiger partial charge in [0.05, 0.1) is 6.54 Å². The molecular weight excluding hydrogens is 352 g/mol. The molecular formula is C23H26N2O3. The van der Waals surface area contributed by atoms with E-state index in [9.17, 15) is 4.79 Å². The SMILES string of the molecule is CN(CC(=O)/C=C1/N(C)c2ccccc2C1(C)C)Cc1ccc2c(c1)OCO2. The first-order chi connectivity index (χ1) is 13.4. The summed E-state index contributed by atoms with van der Waals surface area (Å²) < 4.78 is 10.8. The zero-order valence-corrected chi connectivity index (χ0v) is 16.9. The first kappa shape index (κ1) is 18.6. The lowest BCUT2D eigenvalue weighted by molar-refractivity contribution is -0.115. The molecule has 2 aliphatic rings. The number of nitrogens with zero attached hydrogens (tertiary/aromatic N) is 2. The van der Waals surface area contributed by atoms with Gasteiger partial charge in [0.1, 0.15) is 0 Å². The molecule has 0 radical (unpaired) electrons. The smallest absolute Gasteiger partial charge is 0.231 e. The molecule has 0 bridgehead atoms. The van der Waals surface area contributed by atoms with Crippen LogP contribution in [0.2, 0.25) is 0 Å². The summed E-state index contributed by atoms with van der Waals surface area (Å²) in [6.07, 6.45) is 1.80. The summed E-state index contributed by atoms with van der Waals surface area (Å²) >= 11 is 0. The van der Waals surface area contributed by atoms with Crippen LogP contribution in [0, 0.1) is 0 Å². The van der Waals surface area contributed by atoms with Gasteiger partial charge in [-0.2, -0.15) is 0 Å². The number of ketones is 1. The van der Waals surface area contributed by atoms with E-state index in [1.807, 2.05) is 43.3 Å². The minimum Gasteiger partial charge on any atom is -0.454 e. The molecule has 28 heavy (non-hydrogen) atoms. The van der Waals surface area contributed by atoms with Gasteiger partial charge in [0.25, 0.3) is 0 Å². The second kappa shape index (κ2) is 6.99. The number of benzene rings is 2. The predicted octanol–water partition coefficient (Wildman–Crippen LogP) is 3.73. The van der Waals surface area contributed by atoms with Gasteiger partial charge in [0.15, 0.2) is 17.3 Å². The van der Waals surface area contributed by atoms with Crippen LogP contribution in [-0.4, -0.2) is 38.1 Å². The molecule has 5 nitrogen and oxygen atoms in total. The Labute approximate surface area is 166 Å². The van der Waals surface area contributed by atoms with Crippen LogP contribution in [-0.2, 0) is 16.8 Å². The number of likely N-dealkylation sites (N-methyl/N-ethyl adjacent to an activating group) is 2. The summed E-state index contributed by atoms with van der Waals surface area (Å²) in [5.41, 5.74) is 4.37. The van der Waals surface area contributed by atoms with Crippen molar-refractivity contribution in [2.75, 3.05) is 32.3 Å². The number of carbonyl (C=O) groups is 1. The molecule has 0 N–H and O–H groups in total. The Morgan fingerprint density at radius 1 is 1.18 bits per heavy atom. The number of hydrogen-bond donors (Lipinski definition) is 0. The maximum atomic E-state index is 12.8. The minimum absolute atomic E-state index is 0.103. The molecule has 2 aliphatic heterocycles. The van der Waals surface area contributed by atoms with Crippen molar-refractivity contribution in [1.82, 2.24) is 4.90 Å². The number of para-hydroxylation sites is 1. The Hall–Kier alpha value is -2.79. The molecule has 0 saturated carbocycles. The Morgan fingerprint density at radius 3 is 2.71 bits per heavy atom. The van der Waals surface area contributed by atoms with Gasteiger partial charge in [-0.1, -0.05) is 38.1 Å². The number of ether oxygens (including phenoxy) is 2. The summed E-state index contributed by atoms with van der Waals surface area (Å²) in [6.45, 7) is 5.64. The van der Waals surface area contributed by atoms with Gasteiger partial charge >= 0.3 is 0 Å². The third kappa shape index (κ3) is 3.27. The molecule has 0 amide bonds. The van der Waals surface area contributed by atoms with Gasteiger partial charge < -0.3 is 14.4 Å². The van der Waals surface area contributed by atoms with E-state index in [0.717, 1.165) is 22.8 Å². The molecule has 5 heteroatoms. The quantitative estimate of drug-likeness (QED) is 0.742. The van der Waals surface area contributed by atoms with E-state index in [1.165, 1.54) is 11.3 Å². The average molecular weight is 378 g/mol. The van der Waals surface area contributed by atoms with E-state index in [0.29, 0.717) is 13.1 Å². The zero-order chi connectivity index (χ0) is 19.9. The third-order valence-corrected chi connectivity index (χ3v) is 5.55. The van der Waals surface area contributed by atoms with Gasteiger partial charge in [-0.05, 0) is 36.4 Å². The maximum Gasteiger partial charge on any atom is 0.231 e. The first-order valence-electron chi connectivity index (χ1n) is 9.51. The molecule has 0 atom stereocenters. The highest BCUT2D eigenvalue weighted by Gasteiger charge is 2.38. The highest BCUT2D eigenvalue weighted by atomic mass is 16.7. The highest BCUT2D eigenvalue weighted by Crippen LogP contribution is 2.46. The van der Waals surface area contributed by atoms with Crippen LogP contribution < -0.4 is 14.4 Å². The molecule has 0 aromatic heterocycles. The molecule has 2 aromatic rings. The van der Waals surface area contributed by atoms with Gasteiger partial charge in [-0.15, -0.1) is 0 Å². The second-order valence-electron chi connectivity index (χ2n) is 8.06. The Kier molecular flexibility index (Phi) is 4.63. The van der Waals surface area contributed by atoms with E-state index in [1.54, 1.807) is 6.08 Å². The summed E-state index contributed by atoms with van der Waals surface area (Å²) in [5.74, 6) is 1.65. The number of fused-ring (bicyclic) bond motifs is 2. The van der Waals surface area contributed by atoms with Gasteiger partial charge in [0.2, 0.25) is 6.79 Å². The molecule has 0 saturated heterocycles. The lowest BCUT2D eigenvalue weighted by atomic mass is 9.83. The van der Waals surface area contributed by atoms with Crippen molar-refractivity contribution in [1.29, 1.82) is 0 Å². The van der Waals surface area contributed by atoms with Crippen LogP contribution in [0.25, 0.3) is 0 Å². The van der Waals surface area contributed by atoms with Crippen molar-refractivity contribution < 1.29 is 14.3 Å². The molecule has 2 aromatic carbocycles. The van der Waals surface area contributed by atoms with E-state index in [4.69, 9.17) is 9.47 Å². The summed E-state index contributed by atoms with van der Waals surface area (Å²) in [6, 6.07) is 14.2. The van der Waals surface area contributed by atoms with E-state index in [2.05, 4.69) is 36.9 Å². The van der Waals surface area contributed by atoms with Crippen LogP contribution in [0.4, 0.5) is 5.69 Å². The van der Waals surface area contributed by atoms with Crippen molar-refractivity contribution in [2.24, 2.45) is 0 Å². The molecule has 146 valence electrons. The molecule has 2 heterocycles. The fraction of sp³-hybridized carbons (Fsp3) is 0.348. The van der Waals surface area contributed by atoms with Gasteiger partial charge in [0, 0.05) is 36.5 Å². The van der Waals surface area contributed by atoms with Gasteiger partial charge in [-0.25, -0.2) is 0 Å². The number of hydrogen-bond acceptors (Lipinski definition) is 5. The molecule has 4 rings (SSSR count). The maximum absolute atomic E-state index is 12.8. The predicted molar refractivity (Wildman–Crippen MR) is 110 cm³/mol. The van der Waals surface area contributed by atoms with E-state index < -0.39 is 0 Å². The van der Waals surface area contributed by atoms with Crippen LogP contribution in [0.5, 0.6) is 11.5 Å². The van der Waals surface area contributed by atoms with Crippen molar-refractivity contribution >= 4 is 11.5 Å². The molecule has 0 spiro atoms. The summed E-state index contributed by atoms with van der Waals surface area (Å²) in [7, 11) is 3.99. The first-order valence-corrected chi connectivity index (χ1v) is 9.51. The fourth-order valence-corrected chi connectivity index (χ4v) is 4.13. The van der Waals surface area contributed by atoms with Crippen molar-refractivity contribution in [3.05, 3.63) is 65.4 Å².